The molecule has 2 atom stereocenters. The highest BCUT2D eigenvalue weighted by atomic mass is 32.1. The summed E-state index contributed by atoms with van der Waals surface area (Å²) in [5.41, 5.74) is 6.16. The molecule has 0 amide bonds. The first-order valence-corrected chi connectivity index (χ1v) is 7.29. The summed E-state index contributed by atoms with van der Waals surface area (Å²) < 4.78 is 5.99. The van der Waals surface area contributed by atoms with E-state index in [4.69, 9.17) is 10.5 Å². The van der Waals surface area contributed by atoms with E-state index in [0.29, 0.717) is 5.92 Å². The maximum absolute atomic E-state index is 6.16. The van der Waals surface area contributed by atoms with Gasteiger partial charge in [-0.1, -0.05) is 20.8 Å². The summed E-state index contributed by atoms with van der Waals surface area (Å²) in [6.07, 6.45) is 2.11. The van der Waals surface area contributed by atoms with E-state index in [0.717, 1.165) is 19.4 Å². The lowest BCUT2D eigenvalue weighted by Crippen LogP contribution is -2.29. The van der Waals surface area contributed by atoms with Gasteiger partial charge in [0.15, 0.2) is 0 Å². The lowest BCUT2D eigenvalue weighted by Gasteiger charge is -2.22. The van der Waals surface area contributed by atoms with E-state index in [1.165, 1.54) is 9.75 Å². The van der Waals surface area contributed by atoms with Gasteiger partial charge >= 0.3 is 0 Å². The zero-order valence-electron chi connectivity index (χ0n) is 11.4. The van der Waals surface area contributed by atoms with E-state index < -0.39 is 0 Å². The maximum Gasteiger partial charge on any atom is 0.107 e. The molecule has 2 unspecified atom stereocenters. The molecule has 2 N–H and O–H groups in total. The summed E-state index contributed by atoms with van der Waals surface area (Å²) in [5, 5.41) is 0. The van der Waals surface area contributed by atoms with Crippen molar-refractivity contribution < 1.29 is 4.74 Å². The van der Waals surface area contributed by atoms with Crippen molar-refractivity contribution in [3.8, 4) is 0 Å². The van der Waals surface area contributed by atoms with Gasteiger partial charge in [0.25, 0.3) is 0 Å². The third kappa shape index (κ3) is 4.78. The number of hydrogen-bond acceptors (Lipinski definition) is 3. The normalized spacial score (nSPS) is 15.2. The summed E-state index contributed by atoms with van der Waals surface area (Å²) in [5.74, 6) is 0.679. The van der Waals surface area contributed by atoms with Crippen molar-refractivity contribution in [2.24, 2.45) is 11.7 Å². The van der Waals surface area contributed by atoms with Gasteiger partial charge in [-0.25, -0.2) is 0 Å². The molecule has 0 fully saturated rings. The van der Waals surface area contributed by atoms with Crippen molar-refractivity contribution in [3.05, 3.63) is 21.9 Å². The third-order valence-corrected chi connectivity index (χ3v) is 3.96. The molecule has 0 aromatic carbocycles. The van der Waals surface area contributed by atoms with Crippen LogP contribution in [0.25, 0.3) is 0 Å². The predicted molar refractivity (Wildman–Crippen MR) is 75.5 cm³/mol. The van der Waals surface area contributed by atoms with Gasteiger partial charge in [0.05, 0.1) is 0 Å². The smallest absolute Gasteiger partial charge is 0.107 e. The van der Waals surface area contributed by atoms with Crippen molar-refractivity contribution in [1.29, 1.82) is 0 Å². The second-order valence-corrected chi connectivity index (χ2v) is 6.31. The highest BCUT2D eigenvalue weighted by molar-refractivity contribution is 7.12. The molecule has 1 heterocycles. The van der Waals surface area contributed by atoms with Crippen molar-refractivity contribution in [2.75, 3.05) is 6.61 Å². The van der Waals surface area contributed by atoms with Gasteiger partial charge in [0.1, 0.15) is 6.10 Å². The molecule has 0 spiro atoms. The third-order valence-electron chi connectivity index (χ3n) is 2.89. The molecule has 17 heavy (non-hydrogen) atoms. The van der Waals surface area contributed by atoms with Gasteiger partial charge in [0, 0.05) is 22.4 Å². The summed E-state index contributed by atoms with van der Waals surface area (Å²) >= 11 is 1.79. The average Bonchev–Trinajstić information content (AvgIpc) is 2.69. The summed E-state index contributed by atoms with van der Waals surface area (Å²) in [6.45, 7) is 9.47. The van der Waals surface area contributed by atoms with Crippen LogP contribution >= 0.6 is 11.3 Å². The van der Waals surface area contributed by atoms with E-state index in [1.54, 1.807) is 11.3 Å². The Labute approximate surface area is 109 Å². The summed E-state index contributed by atoms with van der Waals surface area (Å²) in [4.78, 5) is 2.58. The second-order valence-electron chi connectivity index (χ2n) is 4.99. The molecule has 0 radical (unpaired) electrons. The lowest BCUT2D eigenvalue weighted by molar-refractivity contribution is 0.0298. The van der Waals surface area contributed by atoms with Crippen LogP contribution in [0.3, 0.4) is 0 Å². The van der Waals surface area contributed by atoms with E-state index in [-0.39, 0.29) is 12.1 Å². The topological polar surface area (TPSA) is 35.2 Å². The highest BCUT2D eigenvalue weighted by Gasteiger charge is 2.20. The zero-order valence-corrected chi connectivity index (χ0v) is 12.2. The number of thiophene rings is 1. The van der Waals surface area contributed by atoms with Crippen LogP contribution in [-0.2, 0) is 4.74 Å². The minimum atomic E-state index is 0.0671. The quantitative estimate of drug-likeness (QED) is 0.802. The number of nitrogens with two attached hydrogens (primary N) is 1. The first kappa shape index (κ1) is 14.7. The highest BCUT2D eigenvalue weighted by Crippen LogP contribution is 2.29. The Morgan fingerprint density at radius 3 is 2.53 bits per heavy atom. The standard InChI is InChI=1S/C14H25NOS/c1-5-12(15)14(16-9-8-10(2)3)13-7-6-11(4)17-13/h6-7,10,12,14H,5,8-9,15H2,1-4H3. The number of rotatable bonds is 7. The first-order valence-electron chi connectivity index (χ1n) is 6.48. The molecule has 2 nitrogen and oxygen atoms in total. The molecule has 0 saturated carbocycles. The van der Waals surface area contributed by atoms with Gasteiger partial charge < -0.3 is 10.5 Å². The van der Waals surface area contributed by atoms with Gasteiger partial charge in [0.2, 0.25) is 0 Å². The van der Waals surface area contributed by atoms with E-state index in [1.807, 2.05) is 0 Å². The van der Waals surface area contributed by atoms with E-state index in [2.05, 4.69) is 39.8 Å². The first-order chi connectivity index (χ1) is 8.04. The summed E-state index contributed by atoms with van der Waals surface area (Å²) in [7, 11) is 0. The van der Waals surface area contributed by atoms with Crippen LogP contribution in [0.4, 0.5) is 0 Å². The molecule has 0 aliphatic heterocycles. The zero-order chi connectivity index (χ0) is 12.8. The van der Waals surface area contributed by atoms with Gasteiger partial charge in [-0.05, 0) is 37.8 Å². The van der Waals surface area contributed by atoms with Crippen LogP contribution in [0.5, 0.6) is 0 Å². The fourth-order valence-electron chi connectivity index (χ4n) is 1.67. The van der Waals surface area contributed by atoms with Gasteiger partial charge in [-0.2, -0.15) is 0 Å². The molecule has 3 heteroatoms. The van der Waals surface area contributed by atoms with Crippen molar-refractivity contribution in [2.45, 2.75) is 52.7 Å². The number of aryl methyl sites for hydroxylation is 1. The average molecular weight is 255 g/mol. The number of hydrogen-bond donors (Lipinski definition) is 1. The molecule has 0 bridgehead atoms. The minimum Gasteiger partial charge on any atom is -0.371 e. The molecule has 1 aromatic heterocycles. The Morgan fingerprint density at radius 1 is 1.35 bits per heavy atom. The Balaban J connectivity index is 2.61. The molecule has 98 valence electrons. The molecule has 1 aromatic rings. The SMILES string of the molecule is CCC(N)C(OCCC(C)C)c1ccc(C)s1. The molecular formula is C14H25NOS. The maximum atomic E-state index is 6.16. The van der Waals surface area contributed by atoms with Gasteiger partial charge in [-0.15, -0.1) is 11.3 Å². The summed E-state index contributed by atoms with van der Waals surface area (Å²) in [6, 6.07) is 4.39. The van der Waals surface area contributed by atoms with Crippen molar-refractivity contribution in [1.82, 2.24) is 0 Å². The largest absolute Gasteiger partial charge is 0.371 e. The van der Waals surface area contributed by atoms with Crippen LogP contribution in [0.1, 0.15) is 49.5 Å². The molecule has 1 rings (SSSR count). The van der Waals surface area contributed by atoms with Crippen LogP contribution in [0.15, 0.2) is 12.1 Å². The molecule has 0 aliphatic rings. The Morgan fingerprint density at radius 2 is 2.06 bits per heavy atom. The predicted octanol–water partition coefficient (Wildman–Crippen LogP) is 3.90. The Hall–Kier alpha value is -0.380. The van der Waals surface area contributed by atoms with Crippen LogP contribution < -0.4 is 5.73 Å². The van der Waals surface area contributed by atoms with Crippen LogP contribution in [0.2, 0.25) is 0 Å². The van der Waals surface area contributed by atoms with Gasteiger partial charge in [-0.3, -0.25) is 0 Å². The van der Waals surface area contributed by atoms with Crippen molar-refractivity contribution >= 4 is 11.3 Å². The molecule has 0 saturated heterocycles. The number of ether oxygens (including phenoxy) is 1. The van der Waals surface area contributed by atoms with E-state index in [9.17, 15) is 0 Å². The monoisotopic (exact) mass is 255 g/mol. The van der Waals surface area contributed by atoms with Crippen LogP contribution in [0, 0.1) is 12.8 Å². The van der Waals surface area contributed by atoms with Crippen molar-refractivity contribution in [3.63, 3.8) is 0 Å². The fourth-order valence-corrected chi connectivity index (χ4v) is 2.67. The Bertz CT molecular complexity index is 322. The molecule has 0 aliphatic carbocycles. The fraction of sp³-hybridized carbons (Fsp3) is 0.714. The Kier molecular flexibility index (Phi) is 6.17. The minimum absolute atomic E-state index is 0.0671. The lowest BCUT2D eigenvalue weighted by atomic mass is 10.1. The second kappa shape index (κ2) is 7.14. The van der Waals surface area contributed by atoms with Crippen LogP contribution in [-0.4, -0.2) is 12.6 Å². The van der Waals surface area contributed by atoms with E-state index >= 15 is 0 Å². The molecular weight excluding hydrogens is 230 g/mol.